The first kappa shape index (κ1) is 22.3. The van der Waals surface area contributed by atoms with Crippen LogP contribution in [0.5, 0.6) is 11.5 Å². The van der Waals surface area contributed by atoms with E-state index < -0.39 is 18.5 Å². The summed E-state index contributed by atoms with van der Waals surface area (Å²) in [7, 11) is 3.28. The summed E-state index contributed by atoms with van der Waals surface area (Å²) < 4.78 is 17.4. The van der Waals surface area contributed by atoms with Gasteiger partial charge in [-0.3, -0.25) is 9.48 Å². The molecule has 0 saturated heterocycles. The first-order chi connectivity index (χ1) is 13.8. The predicted octanol–water partition coefficient (Wildman–Crippen LogP) is 3.29. The second-order valence-corrected chi connectivity index (χ2v) is 6.53. The van der Waals surface area contributed by atoms with Crippen LogP contribution in [0, 0.1) is 13.8 Å². The summed E-state index contributed by atoms with van der Waals surface area (Å²) in [6.07, 6.45) is 2.73. The van der Waals surface area contributed by atoms with E-state index in [-0.39, 0.29) is 0 Å². The van der Waals surface area contributed by atoms with Crippen molar-refractivity contribution < 1.29 is 23.8 Å². The third-order valence-corrected chi connectivity index (χ3v) is 4.35. The summed E-state index contributed by atoms with van der Waals surface area (Å²) in [5.41, 5.74) is 2.73. The minimum Gasteiger partial charge on any atom is -0.491 e. The number of ether oxygens (including phenoxy) is 3. The fourth-order valence-corrected chi connectivity index (χ4v) is 2.92. The van der Waals surface area contributed by atoms with Gasteiger partial charge in [-0.1, -0.05) is 11.6 Å². The normalized spacial score (nSPS) is 10.8. The van der Waals surface area contributed by atoms with Crippen molar-refractivity contribution in [2.24, 2.45) is 7.05 Å². The van der Waals surface area contributed by atoms with E-state index in [1.54, 1.807) is 30.8 Å². The highest BCUT2D eigenvalue weighted by atomic mass is 35.5. The Morgan fingerprint density at radius 3 is 2.62 bits per heavy atom. The Bertz CT molecular complexity index is 937. The fourth-order valence-electron chi connectivity index (χ4n) is 2.62. The van der Waals surface area contributed by atoms with Gasteiger partial charge in [0.2, 0.25) is 0 Å². The lowest BCUT2D eigenvalue weighted by molar-refractivity contribution is -0.142. The van der Waals surface area contributed by atoms with Crippen molar-refractivity contribution >= 4 is 35.2 Å². The highest BCUT2D eigenvalue weighted by Crippen LogP contribution is 2.36. The topological polar surface area (TPSA) is 91.7 Å². The number of benzene rings is 1. The van der Waals surface area contributed by atoms with Gasteiger partial charge in [0.15, 0.2) is 18.1 Å². The zero-order chi connectivity index (χ0) is 21.6. The van der Waals surface area contributed by atoms with Crippen LogP contribution in [0.4, 0.5) is 5.69 Å². The molecule has 0 atom stereocenters. The zero-order valence-electron chi connectivity index (χ0n) is 17.0. The van der Waals surface area contributed by atoms with Gasteiger partial charge in [-0.15, -0.1) is 0 Å². The molecule has 0 unspecified atom stereocenters. The molecule has 8 nitrogen and oxygen atoms in total. The van der Waals surface area contributed by atoms with Crippen molar-refractivity contribution in [1.82, 2.24) is 9.78 Å². The summed E-state index contributed by atoms with van der Waals surface area (Å²) in [6, 6.07) is 3.33. The summed E-state index contributed by atoms with van der Waals surface area (Å²) in [5, 5.41) is 7.27. The number of anilines is 1. The monoisotopic (exact) mass is 421 g/mol. The summed E-state index contributed by atoms with van der Waals surface area (Å²) >= 11 is 6.18. The van der Waals surface area contributed by atoms with Crippen molar-refractivity contribution in [2.45, 2.75) is 20.8 Å². The first-order valence-electron chi connectivity index (χ1n) is 8.92. The van der Waals surface area contributed by atoms with Gasteiger partial charge in [-0.2, -0.15) is 5.10 Å². The quantitative estimate of drug-likeness (QED) is 0.519. The highest BCUT2D eigenvalue weighted by molar-refractivity contribution is 6.32. The van der Waals surface area contributed by atoms with Gasteiger partial charge < -0.3 is 19.5 Å². The summed E-state index contributed by atoms with van der Waals surface area (Å²) in [5.74, 6) is -0.218. The third kappa shape index (κ3) is 5.74. The number of aromatic nitrogens is 2. The molecule has 0 aliphatic heterocycles. The number of halogens is 1. The molecule has 2 rings (SSSR count). The number of hydrogen-bond acceptors (Lipinski definition) is 6. The van der Waals surface area contributed by atoms with Crippen LogP contribution in [0.2, 0.25) is 5.02 Å². The number of nitrogens with one attached hydrogen (secondary N) is 1. The smallest absolute Gasteiger partial charge is 0.331 e. The Balaban J connectivity index is 1.96. The van der Waals surface area contributed by atoms with Crippen LogP contribution in [0.1, 0.15) is 23.9 Å². The van der Waals surface area contributed by atoms with Crippen LogP contribution < -0.4 is 14.8 Å². The minimum absolute atomic E-state index is 0.355. The number of esters is 1. The maximum atomic E-state index is 12.0. The highest BCUT2D eigenvalue weighted by Gasteiger charge is 2.14. The van der Waals surface area contributed by atoms with E-state index in [9.17, 15) is 9.59 Å². The number of methoxy groups -OCH3 is 1. The van der Waals surface area contributed by atoms with E-state index in [2.05, 4.69) is 10.4 Å². The number of nitrogens with zero attached hydrogens (tertiary/aromatic N) is 2. The Hall–Kier alpha value is -3.00. The average molecular weight is 422 g/mol. The maximum Gasteiger partial charge on any atom is 0.331 e. The van der Waals surface area contributed by atoms with Crippen LogP contribution >= 0.6 is 11.6 Å². The number of carbonyl (C=O) groups excluding carboxylic acids is 2. The largest absolute Gasteiger partial charge is 0.491 e. The molecule has 2 aromatic rings. The molecule has 1 heterocycles. The molecular formula is C20H24ClN3O5. The van der Waals surface area contributed by atoms with Crippen LogP contribution in [0.3, 0.4) is 0 Å². The summed E-state index contributed by atoms with van der Waals surface area (Å²) in [6.45, 7) is 5.49. The molecule has 1 amide bonds. The molecule has 0 fully saturated rings. The lowest BCUT2D eigenvalue weighted by Crippen LogP contribution is -2.20. The predicted molar refractivity (Wildman–Crippen MR) is 110 cm³/mol. The number of hydrogen-bond donors (Lipinski definition) is 1. The fraction of sp³-hybridized carbons (Fsp3) is 0.350. The molecule has 0 aliphatic carbocycles. The summed E-state index contributed by atoms with van der Waals surface area (Å²) in [4.78, 5) is 24.0. The Morgan fingerprint density at radius 2 is 2.03 bits per heavy atom. The number of rotatable bonds is 8. The Morgan fingerprint density at radius 1 is 1.31 bits per heavy atom. The van der Waals surface area contributed by atoms with Crippen molar-refractivity contribution in [3.63, 3.8) is 0 Å². The van der Waals surface area contributed by atoms with Gasteiger partial charge in [-0.05, 0) is 44.5 Å². The molecule has 0 spiro atoms. The van der Waals surface area contributed by atoms with E-state index in [0.717, 1.165) is 5.69 Å². The van der Waals surface area contributed by atoms with Gasteiger partial charge >= 0.3 is 5.97 Å². The molecule has 156 valence electrons. The molecule has 0 radical (unpaired) electrons. The lowest BCUT2D eigenvalue weighted by atomic mass is 10.2. The molecule has 0 aliphatic rings. The number of aryl methyl sites for hydroxylation is 2. The van der Waals surface area contributed by atoms with E-state index in [0.29, 0.717) is 40.1 Å². The molecule has 9 heteroatoms. The van der Waals surface area contributed by atoms with Gasteiger partial charge in [0, 0.05) is 13.1 Å². The molecule has 0 saturated carbocycles. The molecular weight excluding hydrogens is 398 g/mol. The molecule has 29 heavy (non-hydrogen) atoms. The number of carbonyl (C=O) groups is 2. The van der Waals surface area contributed by atoms with Crippen molar-refractivity contribution in [2.75, 3.05) is 25.6 Å². The molecule has 1 aromatic heterocycles. The second-order valence-electron chi connectivity index (χ2n) is 6.13. The molecule has 1 aromatic carbocycles. The number of amides is 1. The SMILES string of the molecule is CCOc1cc(/C=C/C(=O)OCC(=O)Nc2c(C)nn(C)c2C)cc(Cl)c1OC. The first-order valence-corrected chi connectivity index (χ1v) is 9.29. The second kappa shape index (κ2) is 9.97. The van der Waals surface area contributed by atoms with Crippen molar-refractivity contribution in [3.05, 3.63) is 40.2 Å². The van der Waals surface area contributed by atoms with Crippen molar-refractivity contribution in [3.8, 4) is 11.5 Å². The minimum atomic E-state index is -0.662. The van der Waals surface area contributed by atoms with Gasteiger partial charge in [0.05, 0.1) is 35.8 Å². The Labute approximate surface area is 174 Å². The van der Waals surface area contributed by atoms with Crippen LogP contribution in [0.15, 0.2) is 18.2 Å². The molecule has 0 bridgehead atoms. The standard InChI is InChI=1S/C20H24ClN3O5/c1-6-28-16-10-14(9-15(21)20(16)27-5)7-8-18(26)29-11-17(25)22-19-12(2)23-24(4)13(19)3/h7-10H,6,11H2,1-5H3,(H,22,25)/b8-7+. The third-order valence-electron chi connectivity index (χ3n) is 4.07. The van der Waals surface area contributed by atoms with E-state index in [1.165, 1.54) is 19.3 Å². The molecule has 1 N–H and O–H groups in total. The van der Waals surface area contributed by atoms with Gasteiger partial charge in [0.25, 0.3) is 5.91 Å². The average Bonchev–Trinajstić information content (AvgIpc) is 2.91. The maximum absolute atomic E-state index is 12.0. The van der Waals surface area contributed by atoms with Crippen molar-refractivity contribution in [1.29, 1.82) is 0 Å². The van der Waals surface area contributed by atoms with Crippen LogP contribution in [-0.2, 0) is 21.4 Å². The Kier molecular flexibility index (Phi) is 7.67. The van der Waals surface area contributed by atoms with Gasteiger partial charge in [0.1, 0.15) is 0 Å². The van der Waals surface area contributed by atoms with E-state index in [1.807, 2.05) is 13.8 Å². The van der Waals surface area contributed by atoms with E-state index >= 15 is 0 Å². The van der Waals surface area contributed by atoms with Crippen LogP contribution in [0.25, 0.3) is 6.08 Å². The van der Waals surface area contributed by atoms with Crippen LogP contribution in [-0.4, -0.2) is 42.0 Å². The lowest BCUT2D eigenvalue weighted by Gasteiger charge is -2.11. The van der Waals surface area contributed by atoms with Gasteiger partial charge in [-0.25, -0.2) is 4.79 Å². The van der Waals surface area contributed by atoms with E-state index in [4.69, 9.17) is 25.8 Å². The zero-order valence-corrected chi connectivity index (χ0v) is 17.8.